The van der Waals surface area contributed by atoms with Crippen molar-refractivity contribution in [3.63, 3.8) is 0 Å². The van der Waals surface area contributed by atoms with E-state index in [-0.39, 0.29) is 5.95 Å². The van der Waals surface area contributed by atoms with Crippen molar-refractivity contribution >= 4 is 17.9 Å². The van der Waals surface area contributed by atoms with Crippen molar-refractivity contribution in [1.82, 2.24) is 20.6 Å². The van der Waals surface area contributed by atoms with E-state index < -0.39 is 5.90 Å². The number of H-pyrrole nitrogens is 1. The summed E-state index contributed by atoms with van der Waals surface area (Å²) >= 11 is 0. The lowest BCUT2D eigenvalue weighted by molar-refractivity contribution is -0.211. The largest absolute Gasteiger partial charge is 0.859 e. The van der Waals surface area contributed by atoms with Gasteiger partial charge in [-0.2, -0.15) is 5.21 Å². The zero-order chi connectivity index (χ0) is 13.7. The molecule has 0 fully saturated rings. The molecule has 1 N–H and O–H groups in total. The Labute approximate surface area is 110 Å². The van der Waals surface area contributed by atoms with Gasteiger partial charge in [0.05, 0.1) is 0 Å². The van der Waals surface area contributed by atoms with Crippen molar-refractivity contribution in [3.05, 3.63) is 41.5 Å². The standard InChI is InChI=1S/C13H15N5O/c1-9(2)11-6-3-10(4-7-11)5-8-12(19)14-13-15-17-18-16-13/h3-9H,1-2H3,(H2,14,15,16,17,18,19)/p-1/b8-5+. The van der Waals surface area contributed by atoms with Gasteiger partial charge in [-0.1, -0.05) is 55.4 Å². The van der Waals surface area contributed by atoms with Crippen molar-refractivity contribution in [1.29, 1.82) is 0 Å². The number of rotatable bonds is 4. The van der Waals surface area contributed by atoms with E-state index in [0.29, 0.717) is 5.92 Å². The molecule has 6 heteroatoms. The molecule has 0 unspecified atom stereocenters. The van der Waals surface area contributed by atoms with E-state index in [1.807, 2.05) is 24.3 Å². The molecular weight excluding hydrogens is 242 g/mol. The highest BCUT2D eigenvalue weighted by atomic mass is 16.3. The minimum absolute atomic E-state index is 0.0322. The molecule has 0 spiro atoms. The molecule has 6 nitrogen and oxygen atoms in total. The van der Waals surface area contributed by atoms with Gasteiger partial charge in [0.25, 0.3) is 5.95 Å². The molecular formula is C13H14N5O-. The third kappa shape index (κ3) is 3.74. The molecule has 2 rings (SSSR count). The molecule has 0 amide bonds. The molecule has 0 saturated carbocycles. The number of tetrazole rings is 1. The van der Waals surface area contributed by atoms with E-state index in [4.69, 9.17) is 0 Å². The van der Waals surface area contributed by atoms with Crippen molar-refractivity contribution in [3.8, 4) is 0 Å². The van der Waals surface area contributed by atoms with E-state index in [1.54, 1.807) is 6.08 Å². The van der Waals surface area contributed by atoms with Crippen LogP contribution in [0.2, 0.25) is 0 Å². The number of nitrogens with zero attached hydrogens (tertiary/aromatic N) is 4. The van der Waals surface area contributed by atoms with Crippen LogP contribution in [-0.2, 0) is 0 Å². The molecule has 0 bridgehead atoms. The average molecular weight is 256 g/mol. The zero-order valence-electron chi connectivity index (χ0n) is 10.7. The first-order valence-electron chi connectivity index (χ1n) is 5.92. The van der Waals surface area contributed by atoms with Crippen LogP contribution in [0, 0.1) is 0 Å². The summed E-state index contributed by atoms with van der Waals surface area (Å²) in [6.07, 6.45) is 3.08. The Kier molecular flexibility index (Phi) is 4.02. The monoisotopic (exact) mass is 256 g/mol. The van der Waals surface area contributed by atoms with E-state index in [2.05, 4.69) is 39.5 Å². The smallest absolute Gasteiger partial charge is 0.288 e. The Morgan fingerprint density at radius 3 is 2.63 bits per heavy atom. The fraction of sp³-hybridized carbons (Fsp3) is 0.231. The van der Waals surface area contributed by atoms with Gasteiger partial charge in [-0.15, -0.1) is 5.10 Å². The summed E-state index contributed by atoms with van der Waals surface area (Å²) < 4.78 is 0. The maximum Gasteiger partial charge on any atom is 0.288 e. The number of aromatic amines is 1. The second kappa shape index (κ2) is 5.90. The minimum atomic E-state index is -0.422. The number of aromatic nitrogens is 4. The first-order chi connectivity index (χ1) is 9.15. The van der Waals surface area contributed by atoms with Crippen molar-refractivity contribution in [2.75, 3.05) is 0 Å². The molecule has 0 aliphatic heterocycles. The van der Waals surface area contributed by atoms with Gasteiger partial charge in [0.1, 0.15) is 0 Å². The van der Waals surface area contributed by atoms with Gasteiger partial charge in [0.15, 0.2) is 0 Å². The molecule has 0 saturated heterocycles. The average Bonchev–Trinajstić information content (AvgIpc) is 2.89. The van der Waals surface area contributed by atoms with Crippen LogP contribution in [0.1, 0.15) is 30.9 Å². The van der Waals surface area contributed by atoms with E-state index in [1.165, 1.54) is 11.6 Å². The van der Waals surface area contributed by atoms with Crippen LogP contribution in [0.15, 0.2) is 35.3 Å². The summed E-state index contributed by atoms with van der Waals surface area (Å²) in [7, 11) is 0. The molecule has 0 aliphatic rings. The molecule has 0 atom stereocenters. The summed E-state index contributed by atoms with van der Waals surface area (Å²) in [6, 6.07) is 8.03. The first-order valence-corrected chi connectivity index (χ1v) is 5.92. The summed E-state index contributed by atoms with van der Waals surface area (Å²) in [5.41, 5.74) is 2.21. The van der Waals surface area contributed by atoms with E-state index >= 15 is 0 Å². The van der Waals surface area contributed by atoms with Crippen molar-refractivity contribution in [2.24, 2.45) is 4.99 Å². The van der Waals surface area contributed by atoms with Gasteiger partial charge in [-0.05, 0) is 28.2 Å². The van der Waals surface area contributed by atoms with Gasteiger partial charge in [-0.25, -0.2) is 4.99 Å². The summed E-state index contributed by atoms with van der Waals surface area (Å²) in [5, 5.41) is 24.2. The van der Waals surface area contributed by atoms with Gasteiger partial charge in [0.2, 0.25) is 0 Å². The van der Waals surface area contributed by atoms with E-state index in [9.17, 15) is 5.11 Å². The Morgan fingerprint density at radius 2 is 2.05 bits per heavy atom. The van der Waals surface area contributed by atoms with Crippen LogP contribution in [0.4, 0.5) is 5.95 Å². The van der Waals surface area contributed by atoms with Crippen molar-refractivity contribution in [2.45, 2.75) is 19.8 Å². The molecule has 0 radical (unpaired) electrons. The highest BCUT2D eigenvalue weighted by molar-refractivity contribution is 5.89. The lowest BCUT2D eigenvalue weighted by atomic mass is 10.0. The molecule has 0 aliphatic carbocycles. The summed E-state index contributed by atoms with van der Waals surface area (Å²) in [5.74, 6) is 0.104. The Bertz CT molecular complexity index is 570. The number of benzene rings is 1. The lowest BCUT2D eigenvalue weighted by Crippen LogP contribution is -2.13. The predicted octanol–water partition coefficient (Wildman–Crippen LogP) is 1.43. The Balaban J connectivity index is 2.06. The quantitative estimate of drug-likeness (QED) is 0.661. The summed E-state index contributed by atoms with van der Waals surface area (Å²) in [4.78, 5) is 3.64. The number of aliphatic imine (C=N–C) groups is 1. The van der Waals surface area contributed by atoms with Crippen LogP contribution < -0.4 is 5.11 Å². The maximum absolute atomic E-state index is 11.5. The Morgan fingerprint density at radius 1 is 1.32 bits per heavy atom. The number of hydrogen-bond acceptors (Lipinski definition) is 5. The second-order valence-corrected chi connectivity index (χ2v) is 4.32. The topological polar surface area (TPSA) is 89.9 Å². The minimum Gasteiger partial charge on any atom is -0.859 e. The van der Waals surface area contributed by atoms with Gasteiger partial charge in [0, 0.05) is 0 Å². The van der Waals surface area contributed by atoms with Gasteiger partial charge >= 0.3 is 0 Å². The summed E-state index contributed by atoms with van der Waals surface area (Å²) in [6.45, 7) is 4.27. The van der Waals surface area contributed by atoms with Crippen molar-refractivity contribution < 1.29 is 5.11 Å². The molecule has 2 aromatic rings. The van der Waals surface area contributed by atoms with Crippen LogP contribution in [0.5, 0.6) is 0 Å². The van der Waals surface area contributed by atoms with E-state index in [0.717, 1.165) is 5.56 Å². The molecule has 98 valence electrons. The highest BCUT2D eigenvalue weighted by Gasteiger charge is 1.97. The van der Waals surface area contributed by atoms with Gasteiger partial charge in [-0.3, -0.25) is 0 Å². The normalized spacial score (nSPS) is 12.5. The zero-order valence-corrected chi connectivity index (χ0v) is 10.7. The number of hydrogen-bond donors (Lipinski definition) is 1. The Hall–Kier alpha value is -2.50. The van der Waals surface area contributed by atoms with Crippen LogP contribution >= 0.6 is 0 Å². The maximum atomic E-state index is 11.5. The molecule has 1 aromatic heterocycles. The lowest BCUT2D eigenvalue weighted by Gasteiger charge is -2.05. The molecule has 1 heterocycles. The van der Waals surface area contributed by atoms with Crippen LogP contribution in [-0.4, -0.2) is 26.5 Å². The third-order valence-electron chi connectivity index (χ3n) is 2.57. The first kappa shape index (κ1) is 12.9. The van der Waals surface area contributed by atoms with Crippen LogP contribution in [0.3, 0.4) is 0 Å². The van der Waals surface area contributed by atoms with Gasteiger partial charge < -0.3 is 5.11 Å². The molecule has 19 heavy (non-hydrogen) atoms. The predicted molar refractivity (Wildman–Crippen MR) is 70.8 cm³/mol. The number of nitrogens with one attached hydrogen (secondary N) is 1. The highest BCUT2D eigenvalue weighted by Crippen LogP contribution is 2.15. The SMILES string of the molecule is CC(C)c1ccc(/C=C/C([O-])=Nc2nn[nH]n2)cc1. The fourth-order valence-corrected chi connectivity index (χ4v) is 1.50. The fourth-order valence-electron chi connectivity index (χ4n) is 1.50. The molecule has 1 aromatic carbocycles. The van der Waals surface area contributed by atoms with Crippen LogP contribution in [0.25, 0.3) is 6.08 Å². The second-order valence-electron chi connectivity index (χ2n) is 4.32. The third-order valence-corrected chi connectivity index (χ3v) is 2.57.